The third-order valence-corrected chi connectivity index (χ3v) is 4.81. The van der Waals surface area contributed by atoms with Gasteiger partial charge in [0.25, 0.3) is 0 Å². The Kier molecular flexibility index (Phi) is 4.14. The van der Waals surface area contributed by atoms with Crippen LogP contribution in [0.3, 0.4) is 0 Å². The second kappa shape index (κ2) is 6.45. The molecule has 0 amide bonds. The van der Waals surface area contributed by atoms with Crippen LogP contribution >= 0.6 is 11.6 Å². The first kappa shape index (κ1) is 16.0. The van der Waals surface area contributed by atoms with Crippen molar-refractivity contribution in [2.24, 2.45) is 0 Å². The number of rotatable bonds is 5. The number of benzene rings is 2. The van der Waals surface area contributed by atoms with Crippen LogP contribution < -0.4 is 0 Å². The number of nitrogens with zero attached hydrogens (tertiary/aromatic N) is 1. The molecule has 0 unspecified atom stereocenters. The van der Waals surface area contributed by atoms with E-state index in [-0.39, 0.29) is 17.5 Å². The van der Waals surface area contributed by atoms with Crippen LogP contribution in [0.5, 0.6) is 0 Å². The van der Waals surface area contributed by atoms with E-state index >= 15 is 0 Å². The van der Waals surface area contributed by atoms with Crippen molar-refractivity contribution in [2.75, 3.05) is 0 Å². The SMILES string of the molecule is O=C(c1ccc(F)cc1Cc1ccccc1Cl)c1cnoc1C1CC1. The van der Waals surface area contributed by atoms with Gasteiger partial charge in [0.2, 0.25) is 0 Å². The summed E-state index contributed by atoms with van der Waals surface area (Å²) in [5, 5.41) is 4.38. The maximum Gasteiger partial charge on any atom is 0.198 e. The molecule has 5 heteroatoms. The molecule has 0 bridgehead atoms. The molecule has 1 heterocycles. The van der Waals surface area contributed by atoms with Crippen molar-refractivity contribution in [3.05, 3.63) is 87.5 Å². The van der Waals surface area contributed by atoms with Gasteiger partial charge in [-0.15, -0.1) is 0 Å². The molecule has 0 aliphatic heterocycles. The van der Waals surface area contributed by atoms with E-state index in [1.807, 2.05) is 18.2 Å². The third-order valence-electron chi connectivity index (χ3n) is 4.44. The van der Waals surface area contributed by atoms with Gasteiger partial charge in [0, 0.05) is 16.5 Å². The van der Waals surface area contributed by atoms with Gasteiger partial charge >= 0.3 is 0 Å². The van der Waals surface area contributed by atoms with Gasteiger partial charge in [-0.25, -0.2) is 4.39 Å². The molecule has 0 N–H and O–H groups in total. The summed E-state index contributed by atoms with van der Waals surface area (Å²) < 4.78 is 19.1. The van der Waals surface area contributed by atoms with Gasteiger partial charge in [0.15, 0.2) is 11.5 Å². The maximum absolute atomic E-state index is 13.8. The standard InChI is InChI=1S/C20H15ClFNO2/c21-18-4-2-1-3-13(18)9-14-10-15(22)7-8-16(14)19(24)17-11-23-25-20(17)12-5-6-12/h1-4,7-8,10-12H,5-6,9H2. The van der Waals surface area contributed by atoms with E-state index in [0.29, 0.717) is 33.9 Å². The fourth-order valence-electron chi connectivity index (χ4n) is 2.98. The minimum absolute atomic E-state index is 0.190. The Morgan fingerprint density at radius 3 is 2.72 bits per heavy atom. The summed E-state index contributed by atoms with van der Waals surface area (Å²) in [6.07, 6.45) is 3.85. The van der Waals surface area contributed by atoms with Crippen molar-refractivity contribution in [2.45, 2.75) is 25.2 Å². The highest BCUT2D eigenvalue weighted by atomic mass is 35.5. The molecule has 1 aromatic heterocycles. The molecule has 126 valence electrons. The summed E-state index contributed by atoms with van der Waals surface area (Å²) in [5.74, 6) is 0.337. The molecule has 3 nitrogen and oxygen atoms in total. The van der Waals surface area contributed by atoms with Gasteiger partial charge in [-0.2, -0.15) is 0 Å². The Morgan fingerprint density at radius 2 is 1.96 bits per heavy atom. The highest BCUT2D eigenvalue weighted by molar-refractivity contribution is 6.31. The van der Waals surface area contributed by atoms with Gasteiger partial charge in [-0.1, -0.05) is 35.0 Å². The first-order chi connectivity index (χ1) is 12.1. The third kappa shape index (κ3) is 3.22. The molecule has 0 saturated heterocycles. The quantitative estimate of drug-likeness (QED) is 0.593. The molecule has 0 spiro atoms. The number of ketones is 1. The van der Waals surface area contributed by atoms with Gasteiger partial charge in [-0.3, -0.25) is 4.79 Å². The largest absolute Gasteiger partial charge is 0.360 e. The van der Waals surface area contributed by atoms with Crippen molar-refractivity contribution in [1.82, 2.24) is 5.16 Å². The van der Waals surface area contributed by atoms with E-state index in [4.69, 9.17) is 16.1 Å². The van der Waals surface area contributed by atoms with Crippen LogP contribution in [0.2, 0.25) is 5.02 Å². The predicted molar refractivity (Wildman–Crippen MR) is 92.6 cm³/mol. The monoisotopic (exact) mass is 355 g/mol. The molecule has 4 rings (SSSR count). The molecular formula is C20H15ClFNO2. The van der Waals surface area contributed by atoms with Crippen LogP contribution in [0.15, 0.2) is 53.2 Å². The summed E-state index contributed by atoms with van der Waals surface area (Å²) in [4.78, 5) is 13.0. The summed E-state index contributed by atoms with van der Waals surface area (Å²) in [5.41, 5.74) is 2.36. The first-order valence-corrected chi connectivity index (χ1v) is 8.52. The Hall–Kier alpha value is -2.46. The molecule has 1 fully saturated rings. The summed E-state index contributed by atoms with van der Waals surface area (Å²) in [6, 6.07) is 11.6. The lowest BCUT2D eigenvalue weighted by Gasteiger charge is -2.10. The topological polar surface area (TPSA) is 43.1 Å². The normalized spacial score (nSPS) is 13.8. The average Bonchev–Trinajstić information content (AvgIpc) is 3.33. The zero-order chi connectivity index (χ0) is 17.4. The smallest absolute Gasteiger partial charge is 0.198 e. The maximum atomic E-state index is 13.8. The minimum Gasteiger partial charge on any atom is -0.360 e. The van der Waals surface area contributed by atoms with Crippen LogP contribution in [0.4, 0.5) is 4.39 Å². The molecule has 2 aromatic carbocycles. The number of carbonyl (C=O) groups is 1. The van der Waals surface area contributed by atoms with Crippen LogP contribution in [-0.4, -0.2) is 10.9 Å². The van der Waals surface area contributed by atoms with E-state index in [2.05, 4.69) is 5.16 Å². The molecule has 3 aromatic rings. The van der Waals surface area contributed by atoms with E-state index < -0.39 is 0 Å². The molecule has 25 heavy (non-hydrogen) atoms. The lowest BCUT2D eigenvalue weighted by molar-refractivity contribution is 0.103. The second-order valence-electron chi connectivity index (χ2n) is 6.28. The summed E-state index contributed by atoms with van der Waals surface area (Å²) in [6.45, 7) is 0. The molecular weight excluding hydrogens is 341 g/mol. The van der Waals surface area contributed by atoms with E-state index in [0.717, 1.165) is 18.4 Å². The summed E-state index contributed by atoms with van der Waals surface area (Å²) in [7, 11) is 0. The van der Waals surface area contributed by atoms with Gasteiger partial charge < -0.3 is 4.52 Å². The van der Waals surface area contributed by atoms with Crippen LogP contribution in [0.1, 0.15) is 51.6 Å². The lowest BCUT2D eigenvalue weighted by Crippen LogP contribution is -2.08. The Bertz CT molecular complexity index is 946. The Labute approximate surface area is 149 Å². The number of halogens is 2. The van der Waals surface area contributed by atoms with Gasteiger partial charge in [0.1, 0.15) is 5.82 Å². The molecule has 0 radical (unpaired) electrons. The van der Waals surface area contributed by atoms with Crippen molar-refractivity contribution >= 4 is 17.4 Å². The predicted octanol–water partition coefficient (Wildman–Crippen LogP) is 5.17. The second-order valence-corrected chi connectivity index (χ2v) is 6.68. The van der Waals surface area contributed by atoms with Gasteiger partial charge in [-0.05, 0) is 54.7 Å². The molecule has 0 atom stereocenters. The van der Waals surface area contributed by atoms with Crippen LogP contribution in [-0.2, 0) is 6.42 Å². The number of carbonyl (C=O) groups excluding carboxylic acids is 1. The molecule has 1 aliphatic carbocycles. The lowest BCUT2D eigenvalue weighted by atomic mass is 9.94. The molecule has 1 saturated carbocycles. The Morgan fingerprint density at radius 1 is 1.16 bits per heavy atom. The minimum atomic E-state index is -0.383. The number of hydrogen-bond acceptors (Lipinski definition) is 3. The highest BCUT2D eigenvalue weighted by Gasteiger charge is 2.33. The summed E-state index contributed by atoms with van der Waals surface area (Å²) >= 11 is 6.22. The van der Waals surface area contributed by atoms with E-state index in [9.17, 15) is 9.18 Å². The first-order valence-electron chi connectivity index (χ1n) is 8.14. The average molecular weight is 356 g/mol. The zero-order valence-corrected chi connectivity index (χ0v) is 14.1. The van der Waals surface area contributed by atoms with E-state index in [1.165, 1.54) is 24.4 Å². The zero-order valence-electron chi connectivity index (χ0n) is 13.3. The Balaban J connectivity index is 1.73. The van der Waals surface area contributed by atoms with Crippen molar-refractivity contribution in [3.8, 4) is 0 Å². The van der Waals surface area contributed by atoms with Crippen molar-refractivity contribution in [1.29, 1.82) is 0 Å². The number of hydrogen-bond donors (Lipinski definition) is 0. The van der Waals surface area contributed by atoms with Gasteiger partial charge in [0.05, 0.1) is 11.8 Å². The van der Waals surface area contributed by atoms with Crippen LogP contribution in [0.25, 0.3) is 0 Å². The fourth-order valence-corrected chi connectivity index (χ4v) is 3.18. The molecule has 1 aliphatic rings. The number of aromatic nitrogens is 1. The van der Waals surface area contributed by atoms with E-state index in [1.54, 1.807) is 6.07 Å². The highest BCUT2D eigenvalue weighted by Crippen LogP contribution is 2.42. The fraction of sp³-hybridized carbons (Fsp3) is 0.200. The van der Waals surface area contributed by atoms with Crippen LogP contribution in [0, 0.1) is 5.82 Å². The van der Waals surface area contributed by atoms with Crippen molar-refractivity contribution in [3.63, 3.8) is 0 Å². The van der Waals surface area contributed by atoms with Crippen molar-refractivity contribution < 1.29 is 13.7 Å².